The van der Waals surface area contributed by atoms with Gasteiger partial charge in [-0.1, -0.05) is 6.92 Å². The van der Waals surface area contributed by atoms with Crippen LogP contribution in [0.1, 0.15) is 26.2 Å². The van der Waals surface area contributed by atoms with Crippen LogP contribution >= 0.6 is 0 Å². The Balaban J connectivity index is 2.17. The van der Waals surface area contributed by atoms with Crippen molar-refractivity contribution in [3.8, 4) is 0 Å². The zero-order valence-electron chi connectivity index (χ0n) is 8.48. The highest BCUT2D eigenvalue weighted by Gasteiger charge is 2.23. The fourth-order valence-electron chi connectivity index (χ4n) is 2.05. The molecule has 1 saturated heterocycles. The Morgan fingerprint density at radius 2 is 2.36 bits per heavy atom. The summed E-state index contributed by atoms with van der Waals surface area (Å²) in [5.41, 5.74) is 5.50. The van der Waals surface area contributed by atoms with E-state index in [9.17, 15) is 0 Å². The number of nitrogens with two attached hydrogens (primary N) is 1. The smallest absolute Gasteiger partial charge is 0.151 e. The summed E-state index contributed by atoms with van der Waals surface area (Å²) in [6.45, 7) is 3.31. The van der Waals surface area contributed by atoms with Crippen molar-refractivity contribution in [2.75, 3.05) is 17.2 Å². The second kappa shape index (κ2) is 3.82. The highest BCUT2D eigenvalue weighted by molar-refractivity contribution is 5.43. The predicted molar refractivity (Wildman–Crippen MR) is 57.1 cm³/mol. The third-order valence-electron chi connectivity index (χ3n) is 2.81. The number of anilines is 2. The van der Waals surface area contributed by atoms with Crippen LogP contribution in [0.3, 0.4) is 0 Å². The van der Waals surface area contributed by atoms with E-state index in [1.165, 1.54) is 19.3 Å². The third-order valence-corrected chi connectivity index (χ3v) is 2.81. The van der Waals surface area contributed by atoms with Gasteiger partial charge in [-0.25, -0.2) is 0 Å². The maximum absolute atomic E-state index is 5.50. The van der Waals surface area contributed by atoms with Gasteiger partial charge in [-0.3, -0.25) is 0 Å². The van der Waals surface area contributed by atoms with Crippen LogP contribution < -0.4 is 10.6 Å². The topological polar surface area (TPSA) is 55.0 Å². The first kappa shape index (κ1) is 9.24. The molecule has 1 aromatic rings. The zero-order chi connectivity index (χ0) is 9.97. The van der Waals surface area contributed by atoms with E-state index in [2.05, 4.69) is 22.0 Å². The van der Waals surface area contributed by atoms with Crippen molar-refractivity contribution in [2.45, 2.75) is 32.2 Å². The summed E-state index contributed by atoms with van der Waals surface area (Å²) in [6.07, 6.45) is 3.69. The van der Waals surface area contributed by atoms with Crippen LogP contribution in [0.4, 0.5) is 11.6 Å². The van der Waals surface area contributed by atoms with Crippen molar-refractivity contribution in [1.29, 1.82) is 0 Å². The van der Waals surface area contributed by atoms with Crippen molar-refractivity contribution < 1.29 is 0 Å². The Hall–Kier alpha value is -1.32. The lowest BCUT2D eigenvalue weighted by Crippen LogP contribution is -2.29. The number of nitrogens with zero attached hydrogens (tertiary/aromatic N) is 3. The summed E-state index contributed by atoms with van der Waals surface area (Å²) < 4.78 is 0. The van der Waals surface area contributed by atoms with Crippen molar-refractivity contribution in [3.05, 3.63) is 12.1 Å². The molecule has 1 aromatic heterocycles. The van der Waals surface area contributed by atoms with Gasteiger partial charge in [0.1, 0.15) is 5.82 Å². The van der Waals surface area contributed by atoms with Gasteiger partial charge in [0.2, 0.25) is 0 Å². The lowest BCUT2D eigenvalue weighted by atomic mass is 10.2. The monoisotopic (exact) mass is 192 g/mol. The van der Waals surface area contributed by atoms with Gasteiger partial charge in [0, 0.05) is 12.6 Å². The average molecular weight is 192 g/mol. The minimum absolute atomic E-state index is 0.487. The number of rotatable bonds is 2. The Morgan fingerprint density at radius 1 is 1.50 bits per heavy atom. The van der Waals surface area contributed by atoms with E-state index in [1.54, 1.807) is 0 Å². The summed E-state index contributed by atoms with van der Waals surface area (Å²) >= 11 is 0. The molecule has 0 bridgehead atoms. The van der Waals surface area contributed by atoms with E-state index in [-0.39, 0.29) is 0 Å². The first-order valence-corrected chi connectivity index (χ1v) is 5.17. The van der Waals surface area contributed by atoms with Crippen LogP contribution in [-0.4, -0.2) is 22.8 Å². The number of hydrogen-bond acceptors (Lipinski definition) is 4. The molecule has 0 aliphatic carbocycles. The first-order valence-electron chi connectivity index (χ1n) is 5.17. The maximum Gasteiger partial charge on any atom is 0.151 e. The van der Waals surface area contributed by atoms with Gasteiger partial charge >= 0.3 is 0 Å². The highest BCUT2D eigenvalue weighted by Crippen LogP contribution is 2.25. The van der Waals surface area contributed by atoms with Crippen LogP contribution in [-0.2, 0) is 0 Å². The number of hydrogen-bond donors (Lipinski definition) is 1. The molecule has 4 nitrogen and oxygen atoms in total. The van der Waals surface area contributed by atoms with E-state index in [4.69, 9.17) is 5.73 Å². The molecular formula is C10H16N4. The summed E-state index contributed by atoms with van der Waals surface area (Å²) in [7, 11) is 0. The van der Waals surface area contributed by atoms with E-state index in [0.29, 0.717) is 11.9 Å². The van der Waals surface area contributed by atoms with Gasteiger partial charge in [0.25, 0.3) is 0 Å². The first-order chi connectivity index (χ1) is 6.81. The van der Waals surface area contributed by atoms with Crippen LogP contribution in [0.2, 0.25) is 0 Å². The van der Waals surface area contributed by atoms with Crippen LogP contribution in [0.25, 0.3) is 0 Å². The van der Waals surface area contributed by atoms with Crippen LogP contribution in [0.5, 0.6) is 0 Å². The molecule has 2 heterocycles. The molecule has 1 unspecified atom stereocenters. The maximum atomic E-state index is 5.50. The molecule has 76 valence electrons. The summed E-state index contributed by atoms with van der Waals surface area (Å²) in [6, 6.07) is 4.40. The molecule has 14 heavy (non-hydrogen) atoms. The molecule has 1 aliphatic rings. The third kappa shape index (κ3) is 1.64. The van der Waals surface area contributed by atoms with E-state index in [1.807, 2.05) is 12.1 Å². The van der Waals surface area contributed by atoms with Crippen molar-refractivity contribution in [2.24, 2.45) is 0 Å². The molecule has 1 atom stereocenters. The van der Waals surface area contributed by atoms with Gasteiger partial charge in [-0.2, -0.15) is 0 Å². The minimum Gasteiger partial charge on any atom is -0.382 e. The second-order valence-corrected chi connectivity index (χ2v) is 3.71. The molecule has 2 N–H and O–H groups in total. The standard InChI is InChI=1S/C10H16N4/c1-2-8-4-3-7-14(8)10-6-5-9(11)12-13-10/h5-6,8H,2-4,7H2,1H3,(H2,11,12). The van der Waals surface area contributed by atoms with E-state index >= 15 is 0 Å². The van der Waals surface area contributed by atoms with Gasteiger partial charge < -0.3 is 10.6 Å². The lowest BCUT2D eigenvalue weighted by molar-refractivity contribution is 0.637. The van der Waals surface area contributed by atoms with Crippen molar-refractivity contribution in [3.63, 3.8) is 0 Å². The second-order valence-electron chi connectivity index (χ2n) is 3.71. The Bertz CT molecular complexity index is 295. The number of aromatic nitrogens is 2. The lowest BCUT2D eigenvalue weighted by Gasteiger charge is -2.23. The minimum atomic E-state index is 0.487. The summed E-state index contributed by atoms with van der Waals surface area (Å²) in [4.78, 5) is 2.33. The molecule has 2 rings (SSSR count). The van der Waals surface area contributed by atoms with Crippen LogP contribution in [0.15, 0.2) is 12.1 Å². The molecule has 4 heteroatoms. The molecule has 0 amide bonds. The molecular weight excluding hydrogens is 176 g/mol. The largest absolute Gasteiger partial charge is 0.382 e. The zero-order valence-corrected chi connectivity index (χ0v) is 8.48. The van der Waals surface area contributed by atoms with E-state index < -0.39 is 0 Å². The molecule has 0 spiro atoms. The summed E-state index contributed by atoms with van der Waals surface area (Å²) in [5.74, 6) is 1.45. The molecule has 0 radical (unpaired) electrons. The van der Waals surface area contributed by atoms with Gasteiger partial charge in [0.05, 0.1) is 0 Å². The predicted octanol–water partition coefficient (Wildman–Crippen LogP) is 1.44. The van der Waals surface area contributed by atoms with E-state index in [0.717, 1.165) is 12.4 Å². The Morgan fingerprint density at radius 3 is 3.00 bits per heavy atom. The molecule has 0 saturated carbocycles. The quantitative estimate of drug-likeness (QED) is 0.770. The average Bonchev–Trinajstić information content (AvgIpc) is 2.67. The molecule has 1 aliphatic heterocycles. The normalized spacial score (nSPS) is 21.5. The Kier molecular flexibility index (Phi) is 2.52. The van der Waals surface area contributed by atoms with Gasteiger partial charge in [0.15, 0.2) is 5.82 Å². The fraction of sp³-hybridized carbons (Fsp3) is 0.600. The Labute approximate surface area is 84.1 Å². The SMILES string of the molecule is CCC1CCCN1c1ccc(N)nn1. The van der Waals surface area contributed by atoms with Crippen LogP contribution in [0, 0.1) is 0 Å². The summed E-state index contributed by atoms with van der Waals surface area (Å²) in [5, 5.41) is 7.99. The van der Waals surface area contributed by atoms with Gasteiger partial charge in [-0.05, 0) is 31.4 Å². The van der Waals surface area contributed by atoms with Crippen molar-refractivity contribution in [1.82, 2.24) is 10.2 Å². The van der Waals surface area contributed by atoms with Gasteiger partial charge in [-0.15, -0.1) is 10.2 Å². The fourth-order valence-corrected chi connectivity index (χ4v) is 2.05. The van der Waals surface area contributed by atoms with Crippen molar-refractivity contribution >= 4 is 11.6 Å². The molecule has 0 aromatic carbocycles. The number of nitrogen functional groups attached to an aromatic ring is 1. The molecule has 1 fully saturated rings. The highest BCUT2D eigenvalue weighted by atomic mass is 15.3.